The Hall–Kier alpha value is -2.81. The lowest BCUT2D eigenvalue weighted by atomic mass is 10.0. The van der Waals surface area contributed by atoms with E-state index >= 15 is 0 Å². The normalized spacial score (nSPS) is 14.2. The van der Waals surface area contributed by atoms with E-state index in [9.17, 15) is 19.5 Å². The number of carbonyl (C=O) groups excluding carboxylic acids is 2. The Bertz CT molecular complexity index is 728. The molecule has 0 saturated carbocycles. The van der Waals surface area contributed by atoms with Crippen LogP contribution in [0.25, 0.3) is 0 Å². The lowest BCUT2D eigenvalue weighted by Gasteiger charge is -2.32. The molecule has 0 aliphatic carbocycles. The summed E-state index contributed by atoms with van der Waals surface area (Å²) in [5, 5.41) is 12.2. The predicted octanol–water partition coefficient (Wildman–Crippen LogP) is 2.08. The molecular weight excluding hydrogens is 392 g/mol. The number of rotatable bonds is 9. The van der Waals surface area contributed by atoms with Crippen LogP contribution in [0.1, 0.15) is 33.3 Å². The van der Waals surface area contributed by atoms with Crippen molar-refractivity contribution in [1.29, 1.82) is 0 Å². The molecule has 0 fully saturated rings. The molecule has 0 aromatic heterocycles. The van der Waals surface area contributed by atoms with Crippen molar-refractivity contribution in [2.45, 2.75) is 57.9 Å². The van der Waals surface area contributed by atoms with E-state index in [4.69, 9.17) is 14.2 Å². The number of benzene rings is 1. The second-order valence-electron chi connectivity index (χ2n) is 7.92. The van der Waals surface area contributed by atoms with Gasteiger partial charge in [0, 0.05) is 20.6 Å². The van der Waals surface area contributed by atoms with Gasteiger partial charge in [-0.05, 0) is 45.4 Å². The maximum absolute atomic E-state index is 13.1. The van der Waals surface area contributed by atoms with Crippen molar-refractivity contribution in [3.63, 3.8) is 0 Å². The molecular formula is C21H32N2O7. The third-order valence-corrected chi connectivity index (χ3v) is 4.47. The fourth-order valence-electron chi connectivity index (χ4n) is 2.70. The third kappa shape index (κ3) is 7.55. The SMILES string of the molecule is COc1ccc(C[C@@H](C(=O)O)N(C)C(=O)[C@@H](NC(=O)OC(C)(C)C)[C@@H](C)OC)cc1. The van der Waals surface area contributed by atoms with Gasteiger partial charge in [-0.25, -0.2) is 9.59 Å². The smallest absolute Gasteiger partial charge is 0.408 e. The molecule has 1 rings (SSSR count). The Labute approximate surface area is 177 Å². The first kappa shape index (κ1) is 25.2. The Kier molecular flexibility index (Phi) is 9.10. The molecule has 0 heterocycles. The van der Waals surface area contributed by atoms with Gasteiger partial charge < -0.3 is 29.5 Å². The number of likely N-dealkylation sites (N-methyl/N-ethyl adjacent to an activating group) is 1. The van der Waals surface area contributed by atoms with Crippen LogP contribution < -0.4 is 10.1 Å². The van der Waals surface area contributed by atoms with Gasteiger partial charge in [0.15, 0.2) is 0 Å². The molecule has 1 aromatic carbocycles. The summed E-state index contributed by atoms with van der Waals surface area (Å²) in [5.74, 6) is -1.12. The van der Waals surface area contributed by atoms with E-state index in [0.717, 1.165) is 10.5 Å². The number of nitrogens with zero attached hydrogens (tertiary/aromatic N) is 1. The third-order valence-electron chi connectivity index (χ3n) is 4.47. The highest BCUT2D eigenvalue weighted by Crippen LogP contribution is 2.16. The minimum Gasteiger partial charge on any atom is -0.497 e. The zero-order valence-electron chi connectivity index (χ0n) is 18.6. The van der Waals surface area contributed by atoms with Crippen LogP contribution in [0.3, 0.4) is 0 Å². The minimum absolute atomic E-state index is 0.0854. The molecule has 3 atom stereocenters. The molecule has 168 valence electrons. The van der Waals surface area contributed by atoms with Crippen LogP contribution in [0, 0.1) is 0 Å². The van der Waals surface area contributed by atoms with E-state index in [1.165, 1.54) is 21.3 Å². The minimum atomic E-state index is -1.16. The van der Waals surface area contributed by atoms with Gasteiger partial charge in [0.05, 0.1) is 13.2 Å². The molecule has 9 heteroatoms. The maximum Gasteiger partial charge on any atom is 0.408 e. The van der Waals surface area contributed by atoms with Gasteiger partial charge in [0.1, 0.15) is 23.4 Å². The van der Waals surface area contributed by atoms with Gasteiger partial charge in [-0.1, -0.05) is 12.1 Å². The van der Waals surface area contributed by atoms with Crippen molar-refractivity contribution in [2.75, 3.05) is 21.3 Å². The van der Waals surface area contributed by atoms with E-state index in [1.54, 1.807) is 52.0 Å². The highest BCUT2D eigenvalue weighted by Gasteiger charge is 2.36. The van der Waals surface area contributed by atoms with E-state index in [1.807, 2.05) is 0 Å². The van der Waals surface area contributed by atoms with Gasteiger partial charge >= 0.3 is 12.1 Å². The number of carbonyl (C=O) groups is 3. The topological polar surface area (TPSA) is 114 Å². The van der Waals surface area contributed by atoms with Crippen LogP contribution in [-0.4, -0.2) is 73.0 Å². The van der Waals surface area contributed by atoms with E-state index in [0.29, 0.717) is 5.75 Å². The molecule has 0 radical (unpaired) electrons. The number of methoxy groups -OCH3 is 2. The number of ether oxygens (including phenoxy) is 3. The summed E-state index contributed by atoms with van der Waals surface area (Å²) in [6.07, 6.45) is -1.41. The molecule has 1 aromatic rings. The standard InChI is InChI=1S/C21H32N2O7/c1-13(28-6)17(22-20(27)30-21(2,3)4)18(24)23(5)16(19(25)26)12-14-8-10-15(29-7)11-9-14/h8-11,13,16-17H,12H2,1-7H3,(H,22,27)(H,25,26)/t13-,16+,17+/m1/s1. The number of carboxylic acids is 1. The van der Waals surface area contributed by atoms with Gasteiger partial charge in [0.2, 0.25) is 5.91 Å². The first-order chi connectivity index (χ1) is 13.9. The quantitative estimate of drug-likeness (QED) is 0.624. The van der Waals surface area contributed by atoms with Crippen molar-refractivity contribution in [3.05, 3.63) is 29.8 Å². The number of hydrogen-bond donors (Lipinski definition) is 2. The molecule has 0 bridgehead atoms. The number of alkyl carbamates (subject to hydrolysis) is 1. The Morgan fingerprint density at radius 2 is 1.70 bits per heavy atom. The lowest BCUT2D eigenvalue weighted by molar-refractivity contribution is -0.151. The molecule has 2 amide bonds. The summed E-state index contributed by atoms with van der Waals surface area (Å²) in [5.41, 5.74) is -0.0306. The number of amides is 2. The molecule has 0 aliphatic rings. The summed E-state index contributed by atoms with van der Waals surface area (Å²) in [6.45, 7) is 6.70. The van der Waals surface area contributed by atoms with Crippen LogP contribution in [0.2, 0.25) is 0 Å². The van der Waals surface area contributed by atoms with Crippen LogP contribution >= 0.6 is 0 Å². The number of aliphatic carboxylic acids is 1. The second kappa shape index (κ2) is 10.8. The summed E-state index contributed by atoms with van der Waals surface area (Å²) in [6, 6.07) is 4.65. The van der Waals surface area contributed by atoms with Crippen molar-refractivity contribution < 1.29 is 33.7 Å². The molecule has 30 heavy (non-hydrogen) atoms. The van der Waals surface area contributed by atoms with E-state index < -0.39 is 41.8 Å². The summed E-state index contributed by atoms with van der Waals surface area (Å²) in [7, 11) is 4.32. The summed E-state index contributed by atoms with van der Waals surface area (Å²) >= 11 is 0. The molecule has 0 saturated heterocycles. The second-order valence-corrected chi connectivity index (χ2v) is 7.92. The van der Waals surface area contributed by atoms with E-state index in [2.05, 4.69) is 5.32 Å². The van der Waals surface area contributed by atoms with Crippen molar-refractivity contribution in [2.24, 2.45) is 0 Å². The average Bonchev–Trinajstić information content (AvgIpc) is 2.67. The molecule has 0 aliphatic heterocycles. The molecule has 0 spiro atoms. The van der Waals surface area contributed by atoms with Gasteiger partial charge in [-0.2, -0.15) is 0 Å². The Morgan fingerprint density at radius 3 is 2.13 bits per heavy atom. The lowest BCUT2D eigenvalue weighted by Crippen LogP contribution is -2.57. The fraction of sp³-hybridized carbons (Fsp3) is 0.571. The zero-order valence-corrected chi connectivity index (χ0v) is 18.6. The first-order valence-electron chi connectivity index (χ1n) is 9.54. The number of carboxylic acid groups (broad SMARTS) is 1. The monoisotopic (exact) mass is 424 g/mol. The van der Waals surface area contributed by atoms with E-state index in [-0.39, 0.29) is 6.42 Å². The largest absolute Gasteiger partial charge is 0.497 e. The van der Waals surface area contributed by atoms with Crippen LogP contribution in [0.5, 0.6) is 5.75 Å². The highest BCUT2D eigenvalue weighted by molar-refractivity contribution is 5.89. The van der Waals surface area contributed by atoms with Gasteiger partial charge in [-0.15, -0.1) is 0 Å². The van der Waals surface area contributed by atoms with Crippen LogP contribution in [-0.2, 0) is 25.5 Å². The Balaban J connectivity index is 3.02. The van der Waals surface area contributed by atoms with Crippen molar-refractivity contribution >= 4 is 18.0 Å². The first-order valence-corrected chi connectivity index (χ1v) is 9.54. The molecule has 2 N–H and O–H groups in total. The number of nitrogens with one attached hydrogen (secondary N) is 1. The number of hydrogen-bond acceptors (Lipinski definition) is 6. The van der Waals surface area contributed by atoms with Crippen molar-refractivity contribution in [3.8, 4) is 5.75 Å². The van der Waals surface area contributed by atoms with Crippen LogP contribution in [0.4, 0.5) is 4.79 Å². The van der Waals surface area contributed by atoms with Crippen molar-refractivity contribution in [1.82, 2.24) is 10.2 Å². The van der Waals surface area contributed by atoms with Crippen LogP contribution in [0.15, 0.2) is 24.3 Å². The highest BCUT2D eigenvalue weighted by atomic mass is 16.6. The summed E-state index contributed by atoms with van der Waals surface area (Å²) < 4.78 is 15.5. The zero-order chi connectivity index (χ0) is 23.1. The maximum atomic E-state index is 13.1. The van der Waals surface area contributed by atoms with Gasteiger partial charge in [-0.3, -0.25) is 4.79 Å². The average molecular weight is 424 g/mol. The molecule has 9 nitrogen and oxygen atoms in total. The van der Waals surface area contributed by atoms with Gasteiger partial charge in [0.25, 0.3) is 0 Å². The predicted molar refractivity (Wildman–Crippen MR) is 111 cm³/mol. The molecule has 0 unspecified atom stereocenters. The summed E-state index contributed by atoms with van der Waals surface area (Å²) in [4.78, 5) is 38.2. The Morgan fingerprint density at radius 1 is 1.13 bits per heavy atom. The fourth-order valence-corrected chi connectivity index (χ4v) is 2.70.